The summed E-state index contributed by atoms with van der Waals surface area (Å²) in [6, 6.07) is 16.0. The molecule has 0 saturated heterocycles. The van der Waals surface area contributed by atoms with Crippen molar-refractivity contribution in [1.29, 1.82) is 0 Å². The van der Waals surface area contributed by atoms with Crippen LogP contribution in [0, 0.1) is 0 Å². The number of phenols is 2. The standard InChI is InChI=1S/C25H22O7/c1-29-21-11-15(7-9-17(21)27)23-22(13-26)31-25-18(28)12-20-16(24(25)32-23)8-10-19(30-20)14-5-3-2-4-6-14/h2-7,9-12,22-23,26-28H,8,13H2,1H3/t22-,23-/m1/s1. The Morgan fingerprint density at radius 3 is 2.53 bits per heavy atom. The zero-order chi connectivity index (χ0) is 22.2. The van der Waals surface area contributed by atoms with E-state index in [2.05, 4.69) is 0 Å². The van der Waals surface area contributed by atoms with E-state index < -0.39 is 12.2 Å². The predicted molar refractivity (Wildman–Crippen MR) is 116 cm³/mol. The van der Waals surface area contributed by atoms with E-state index >= 15 is 0 Å². The maximum atomic E-state index is 10.6. The zero-order valence-corrected chi connectivity index (χ0v) is 17.3. The van der Waals surface area contributed by atoms with Gasteiger partial charge in [-0.15, -0.1) is 0 Å². The van der Waals surface area contributed by atoms with Gasteiger partial charge in [-0.1, -0.05) is 36.4 Å². The third kappa shape index (κ3) is 3.36. The van der Waals surface area contributed by atoms with Gasteiger partial charge in [0.05, 0.1) is 13.7 Å². The van der Waals surface area contributed by atoms with Crippen LogP contribution in [0.2, 0.25) is 0 Å². The van der Waals surface area contributed by atoms with Crippen molar-refractivity contribution in [2.45, 2.75) is 18.6 Å². The van der Waals surface area contributed by atoms with Crippen molar-refractivity contribution < 1.29 is 34.3 Å². The molecular weight excluding hydrogens is 412 g/mol. The lowest BCUT2D eigenvalue weighted by Gasteiger charge is -2.35. The molecule has 3 aromatic carbocycles. The molecule has 7 heteroatoms. The smallest absolute Gasteiger partial charge is 0.204 e. The fourth-order valence-corrected chi connectivity index (χ4v) is 4.00. The summed E-state index contributed by atoms with van der Waals surface area (Å²) < 4.78 is 23.5. The molecule has 0 unspecified atom stereocenters. The van der Waals surface area contributed by atoms with Gasteiger partial charge < -0.3 is 34.3 Å². The average molecular weight is 434 g/mol. The first-order valence-electron chi connectivity index (χ1n) is 10.2. The molecule has 32 heavy (non-hydrogen) atoms. The lowest BCUT2D eigenvalue weighted by molar-refractivity contribution is -0.0149. The van der Waals surface area contributed by atoms with Crippen LogP contribution < -0.4 is 18.9 Å². The number of phenolic OH excluding ortho intramolecular Hbond substituents is 2. The second-order valence-electron chi connectivity index (χ2n) is 7.58. The van der Waals surface area contributed by atoms with Crippen LogP contribution in [0.5, 0.6) is 34.5 Å². The van der Waals surface area contributed by atoms with Crippen LogP contribution >= 0.6 is 0 Å². The minimum absolute atomic E-state index is 0.00377. The van der Waals surface area contributed by atoms with Crippen LogP contribution in [-0.4, -0.2) is 35.1 Å². The van der Waals surface area contributed by atoms with Crippen LogP contribution in [0.4, 0.5) is 0 Å². The third-order valence-electron chi connectivity index (χ3n) is 5.61. The molecular formula is C25H22O7. The van der Waals surface area contributed by atoms with Gasteiger partial charge in [0.1, 0.15) is 11.5 Å². The van der Waals surface area contributed by atoms with Gasteiger partial charge in [0.15, 0.2) is 35.2 Å². The number of aromatic hydroxyl groups is 2. The molecule has 3 N–H and O–H groups in total. The SMILES string of the molecule is COc1cc([C@H]2Oc3c4c(cc(O)c3O[C@@H]2CO)OC(c2ccccc2)=CC4)ccc1O. The summed E-state index contributed by atoms with van der Waals surface area (Å²) in [5.74, 6) is 1.86. The minimum Gasteiger partial charge on any atom is -0.504 e. The van der Waals surface area contributed by atoms with Gasteiger partial charge in [0.2, 0.25) is 5.75 Å². The van der Waals surface area contributed by atoms with Crippen molar-refractivity contribution in [1.82, 2.24) is 0 Å². The molecule has 2 atom stereocenters. The molecule has 0 saturated carbocycles. The Bertz CT molecular complexity index is 1190. The van der Waals surface area contributed by atoms with Crippen LogP contribution in [0.3, 0.4) is 0 Å². The summed E-state index contributed by atoms with van der Waals surface area (Å²) >= 11 is 0. The highest BCUT2D eigenvalue weighted by atomic mass is 16.6. The van der Waals surface area contributed by atoms with Crippen molar-refractivity contribution in [2.75, 3.05) is 13.7 Å². The molecule has 2 heterocycles. The lowest BCUT2D eigenvalue weighted by atomic mass is 9.99. The molecule has 2 aliphatic rings. The predicted octanol–water partition coefficient (Wildman–Crippen LogP) is 3.96. The Balaban J connectivity index is 1.54. The maximum Gasteiger partial charge on any atom is 0.204 e. The van der Waals surface area contributed by atoms with Gasteiger partial charge in [-0.25, -0.2) is 0 Å². The monoisotopic (exact) mass is 434 g/mol. The number of methoxy groups -OCH3 is 1. The van der Waals surface area contributed by atoms with Gasteiger partial charge in [-0.3, -0.25) is 0 Å². The molecule has 0 spiro atoms. The van der Waals surface area contributed by atoms with E-state index in [4.69, 9.17) is 18.9 Å². The number of benzene rings is 3. The molecule has 0 amide bonds. The van der Waals surface area contributed by atoms with Crippen LogP contribution in [0.15, 0.2) is 60.7 Å². The Labute approximate surface area is 184 Å². The minimum atomic E-state index is -0.763. The molecule has 164 valence electrons. The first-order chi connectivity index (χ1) is 15.6. The molecule has 0 radical (unpaired) electrons. The Morgan fingerprint density at radius 2 is 1.78 bits per heavy atom. The summed E-state index contributed by atoms with van der Waals surface area (Å²) in [6.45, 7) is -0.335. The zero-order valence-electron chi connectivity index (χ0n) is 17.3. The summed E-state index contributed by atoms with van der Waals surface area (Å²) in [5, 5.41) is 30.5. The lowest BCUT2D eigenvalue weighted by Crippen LogP contribution is -2.36. The molecule has 0 bridgehead atoms. The highest BCUT2D eigenvalue weighted by Gasteiger charge is 2.38. The van der Waals surface area contributed by atoms with E-state index in [1.54, 1.807) is 12.1 Å². The van der Waals surface area contributed by atoms with Gasteiger partial charge in [-0.2, -0.15) is 0 Å². The second kappa shape index (κ2) is 8.01. The van der Waals surface area contributed by atoms with Crippen molar-refractivity contribution in [2.24, 2.45) is 0 Å². The fourth-order valence-electron chi connectivity index (χ4n) is 4.00. The average Bonchev–Trinajstić information content (AvgIpc) is 2.84. The molecule has 0 fully saturated rings. The van der Waals surface area contributed by atoms with Gasteiger partial charge in [0, 0.05) is 29.2 Å². The largest absolute Gasteiger partial charge is 0.504 e. The van der Waals surface area contributed by atoms with Crippen molar-refractivity contribution in [3.8, 4) is 34.5 Å². The second-order valence-corrected chi connectivity index (χ2v) is 7.58. The van der Waals surface area contributed by atoms with Crippen LogP contribution in [0.1, 0.15) is 22.8 Å². The topological polar surface area (TPSA) is 97.6 Å². The fraction of sp³-hybridized carbons (Fsp3) is 0.200. The molecule has 5 rings (SSSR count). The van der Waals surface area contributed by atoms with Crippen molar-refractivity contribution in [3.05, 3.63) is 77.4 Å². The maximum absolute atomic E-state index is 10.6. The summed E-state index contributed by atoms with van der Waals surface area (Å²) in [7, 11) is 1.46. The van der Waals surface area contributed by atoms with Crippen LogP contribution in [-0.2, 0) is 6.42 Å². The molecule has 2 aliphatic heterocycles. The molecule has 0 aliphatic carbocycles. The van der Waals surface area contributed by atoms with E-state index in [1.165, 1.54) is 19.2 Å². The van der Waals surface area contributed by atoms with Crippen LogP contribution in [0.25, 0.3) is 5.76 Å². The van der Waals surface area contributed by atoms with E-state index in [0.717, 1.165) is 11.1 Å². The van der Waals surface area contributed by atoms with E-state index in [9.17, 15) is 15.3 Å². The first-order valence-corrected chi connectivity index (χ1v) is 10.2. The number of aliphatic hydroxyl groups is 1. The quantitative estimate of drug-likeness (QED) is 0.572. The number of ether oxygens (including phenoxy) is 4. The molecule has 3 aromatic rings. The summed E-state index contributed by atoms with van der Waals surface area (Å²) in [4.78, 5) is 0. The third-order valence-corrected chi connectivity index (χ3v) is 5.61. The Morgan fingerprint density at radius 1 is 0.969 bits per heavy atom. The number of hydrogen-bond acceptors (Lipinski definition) is 7. The normalized spacial score (nSPS) is 18.9. The van der Waals surface area contributed by atoms with Gasteiger partial charge in [0.25, 0.3) is 0 Å². The number of rotatable bonds is 4. The Hall–Kier alpha value is -3.84. The highest BCUT2D eigenvalue weighted by molar-refractivity contribution is 5.70. The van der Waals surface area contributed by atoms with E-state index in [1.807, 2.05) is 36.4 Å². The highest BCUT2D eigenvalue weighted by Crippen LogP contribution is 2.52. The number of aliphatic hydroxyl groups excluding tert-OH is 1. The molecule has 7 nitrogen and oxygen atoms in total. The summed E-state index contributed by atoms with van der Waals surface area (Å²) in [6.07, 6.45) is 1.02. The van der Waals surface area contributed by atoms with Gasteiger partial charge in [-0.05, 0) is 18.2 Å². The van der Waals surface area contributed by atoms with Crippen molar-refractivity contribution >= 4 is 5.76 Å². The Kier molecular flexibility index (Phi) is 5.03. The first kappa shape index (κ1) is 20.1. The van der Waals surface area contributed by atoms with Crippen molar-refractivity contribution in [3.63, 3.8) is 0 Å². The number of fused-ring (bicyclic) bond motifs is 3. The van der Waals surface area contributed by atoms with E-state index in [-0.39, 0.29) is 29.6 Å². The molecule has 0 aromatic heterocycles. The van der Waals surface area contributed by atoms with E-state index in [0.29, 0.717) is 29.2 Å². The number of allylic oxidation sites excluding steroid dienone is 1. The summed E-state index contributed by atoms with van der Waals surface area (Å²) in [5.41, 5.74) is 2.32. The number of hydrogen-bond donors (Lipinski definition) is 3. The van der Waals surface area contributed by atoms with Gasteiger partial charge >= 0.3 is 0 Å².